The van der Waals surface area contributed by atoms with Crippen LogP contribution in [0, 0.1) is 11.3 Å². The summed E-state index contributed by atoms with van der Waals surface area (Å²) < 4.78 is 0. The average molecular weight is 353 g/mol. The number of nitriles is 1. The minimum absolute atomic E-state index is 0.117. The van der Waals surface area contributed by atoms with Crippen LogP contribution >= 0.6 is 0 Å². The third-order valence-electron chi connectivity index (χ3n) is 6.52. The van der Waals surface area contributed by atoms with Crippen LogP contribution in [0.4, 0.5) is 0 Å². The van der Waals surface area contributed by atoms with E-state index in [1.165, 1.54) is 21.9 Å². The van der Waals surface area contributed by atoms with Gasteiger partial charge in [0, 0.05) is 12.6 Å². The molecule has 0 amide bonds. The first kappa shape index (κ1) is 16.5. The zero-order valence-corrected chi connectivity index (χ0v) is 15.3. The molecule has 1 aliphatic carbocycles. The van der Waals surface area contributed by atoms with Crippen molar-refractivity contribution in [1.29, 1.82) is 5.26 Å². The predicted octanol–water partition coefficient (Wildman–Crippen LogP) is 4.28. The SMILES string of the molecule is N#CC1(c2ccccc2)CCN(C2Cc3cccc4cccc2c34)[C@@H](N)C1. The molecule has 27 heavy (non-hydrogen) atoms. The number of hydrogen-bond donors (Lipinski definition) is 1. The number of likely N-dealkylation sites (tertiary alicyclic amines) is 1. The Hall–Kier alpha value is -2.67. The number of rotatable bonds is 2. The standard InChI is InChI=1S/C24H23N3/c25-16-24(19-9-2-1-3-10-19)12-13-27(22(26)15-24)21-14-18-8-4-6-17-7-5-11-20(21)23(17)18/h1-11,21-22H,12-15,26H2/t21?,22-,24?/m1/s1. The van der Waals surface area contributed by atoms with Gasteiger partial charge in [-0.2, -0.15) is 5.26 Å². The summed E-state index contributed by atoms with van der Waals surface area (Å²) in [5.41, 5.74) is 10.1. The van der Waals surface area contributed by atoms with Crippen LogP contribution in [0.25, 0.3) is 10.8 Å². The van der Waals surface area contributed by atoms with Crippen LogP contribution in [0.5, 0.6) is 0 Å². The van der Waals surface area contributed by atoms with Gasteiger partial charge in [-0.25, -0.2) is 0 Å². The lowest BCUT2D eigenvalue weighted by molar-refractivity contribution is 0.0731. The quantitative estimate of drug-likeness (QED) is 0.748. The van der Waals surface area contributed by atoms with Crippen molar-refractivity contribution in [1.82, 2.24) is 4.90 Å². The van der Waals surface area contributed by atoms with Gasteiger partial charge in [0.05, 0.1) is 17.6 Å². The van der Waals surface area contributed by atoms with E-state index in [2.05, 4.69) is 59.5 Å². The van der Waals surface area contributed by atoms with Crippen molar-refractivity contribution in [3.8, 4) is 6.07 Å². The summed E-state index contributed by atoms with van der Waals surface area (Å²) in [6, 6.07) is 26.3. The van der Waals surface area contributed by atoms with Crippen LogP contribution < -0.4 is 5.73 Å². The summed E-state index contributed by atoms with van der Waals surface area (Å²) in [4.78, 5) is 2.42. The van der Waals surface area contributed by atoms with E-state index in [4.69, 9.17) is 5.73 Å². The lowest BCUT2D eigenvalue weighted by Crippen LogP contribution is -2.54. The molecule has 1 aliphatic heterocycles. The van der Waals surface area contributed by atoms with Gasteiger partial charge >= 0.3 is 0 Å². The molecule has 2 unspecified atom stereocenters. The second kappa shape index (κ2) is 6.20. The Morgan fingerprint density at radius 1 is 1.00 bits per heavy atom. The number of piperidine rings is 1. The fourth-order valence-corrected chi connectivity index (χ4v) is 5.15. The van der Waals surface area contributed by atoms with Crippen LogP contribution in [0.3, 0.4) is 0 Å². The molecule has 0 radical (unpaired) electrons. The Morgan fingerprint density at radius 2 is 1.78 bits per heavy atom. The molecule has 0 spiro atoms. The summed E-state index contributed by atoms with van der Waals surface area (Å²) in [6.07, 6.45) is 2.39. The van der Waals surface area contributed by atoms with E-state index < -0.39 is 5.41 Å². The highest BCUT2D eigenvalue weighted by atomic mass is 15.3. The van der Waals surface area contributed by atoms with Gasteiger partial charge in [0.1, 0.15) is 0 Å². The molecule has 3 nitrogen and oxygen atoms in total. The number of nitrogens with zero attached hydrogens (tertiary/aromatic N) is 2. The minimum atomic E-state index is -0.478. The normalized spacial score (nSPS) is 27.6. The van der Waals surface area contributed by atoms with E-state index in [9.17, 15) is 5.26 Å². The fraction of sp³-hybridized carbons (Fsp3) is 0.292. The summed E-state index contributed by atoms with van der Waals surface area (Å²) in [5, 5.41) is 12.7. The number of hydrogen-bond acceptors (Lipinski definition) is 3. The Bertz CT molecular complexity index is 1030. The lowest BCUT2D eigenvalue weighted by Gasteiger charge is -2.45. The highest BCUT2D eigenvalue weighted by Gasteiger charge is 2.43. The van der Waals surface area contributed by atoms with Crippen molar-refractivity contribution in [3.05, 3.63) is 83.4 Å². The first-order valence-corrected chi connectivity index (χ1v) is 9.70. The molecule has 1 saturated heterocycles. The first-order valence-electron chi connectivity index (χ1n) is 9.70. The number of benzene rings is 3. The van der Waals surface area contributed by atoms with Crippen LogP contribution in [0.15, 0.2) is 66.7 Å². The molecule has 1 fully saturated rings. The molecular weight excluding hydrogens is 330 g/mol. The van der Waals surface area contributed by atoms with Crippen molar-refractivity contribution < 1.29 is 0 Å². The highest BCUT2D eigenvalue weighted by molar-refractivity contribution is 5.91. The van der Waals surface area contributed by atoms with Crippen LogP contribution in [-0.4, -0.2) is 17.6 Å². The molecule has 134 valence electrons. The average Bonchev–Trinajstić information content (AvgIpc) is 3.09. The molecule has 5 rings (SSSR count). The Morgan fingerprint density at radius 3 is 2.52 bits per heavy atom. The molecule has 2 N–H and O–H groups in total. The summed E-state index contributed by atoms with van der Waals surface area (Å²) in [6.45, 7) is 0.846. The smallest absolute Gasteiger partial charge is 0.0862 e. The van der Waals surface area contributed by atoms with Gasteiger partial charge < -0.3 is 5.73 Å². The van der Waals surface area contributed by atoms with E-state index in [0.717, 1.165) is 24.9 Å². The van der Waals surface area contributed by atoms with Gasteiger partial charge in [-0.05, 0) is 46.7 Å². The maximum Gasteiger partial charge on any atom is 0.0862 e. The predicted molar refractivity (Wildman–Crippen MR) is 108 cm³/mol. The van der Waals surface area contributed by atoms with E-state index in [1.54, 1.807) is 0 Å². The van der Waals surface area contributed by atoms with Crippen LogP contribution in [0.2, 0.25) is 0 Å². The monoisotopic (exact) mass is 353 g/mol. The van der Waals surface area contributed by atoms with Gasteiger partial charge in [0.25, 0.3) is 0 Å². The second-order valence-corrected chi connectivity index (χ2v) is 7.90. The topological polar surface area (TPSA) is 53.0 Å². The minimum Gasteiger partial charge on any atom is -0.316 e. The largest absolute Gasteiger partial charge is 0.316 e. The first-order chi connectivity index (χ1) is 13.2. The molecule has 1 heterocycles. The zero-order chi connectivity index (χ0) is 18.4. The molecule has 2 aliphatic rings. The molecule has 3 aromatic carbocycles. The van der Waals surface area contributed by atoms with Crippen molar-refractivity contribution in [2.24, 2.45) is 5.73 Å². The highest BCUT2D eigenvalue weighted by Crippen LogP contribution is 2.44. The molecule has 3 atom stereocenters. The van der Waals surface area contributed by atoms with Gasteiger partial charge in [0.2, 0.25) is 0 Å². The third kappa shape index (κ3) is 2.49. The molecule has 3 aromatic rings. The van der Waals surface area contributed by atoms with Crippen molar-refractivity contribution in [3.63, 3.8) is 0 Å². The van der Waals surface area contributed by atoms with Gasteiger partial charge in [0.15, 0.2) is 0 Å². The summed E-state index contributed by atoms with van der Waals surface area (Å²) >= 11 is 0. The molecule has 0 aromatic heterocycles. The summed E-state index contributed by atoms with van der Waals surface area (Å²) in [7, 11) is 0. The zero-order valence-electron chi connectivity index (χ0n) is 15.3. The van der Waals surface area contributed by atoms with Gasteiger partial charge in [-0.1, -0.05) is 66.7 Å². The van der Waals surface area contributed by atoms with Crippen LogP contribution in [0.1, 0.15) is 35.6 Å². The maximum atomic E-state index is 10.0. The van der Waals surface area contributed by atoms with E-state index >= 15 is 0 Å². The van der Waals surface area contributed by atoms with Crippen LogP contribution in [-0.2, 0) is 11.8 Å². The third-order valence-corrected chi connectivity index (χ3v) is 6.52. The fourth-order valence-electron chi connectivity index (χ4n) is 5.15. The number of nitrogens with two attached hydrogens (primary N) is 1. The van der Waals surface area contributed by atoms with E-state index in [1.807, 2.05) is 18.2 Å². The molecule has 3 heteroatoms. The molecule has 0 bridgehead atoms. The van der Waals surface area contributed by atoms with Crippen molar-refractivity contribution in [2.45, 2.75) is 36.9 Å². The van der Waals surface area contributed by atoms with Crippen molar-refractivity contribution in [2.75, 3.05) is 6.54 Å². The Kier molecular flexibility index (Phi) is 3.79. The van der Waals surface area contributed by atoms with E-state index in [-0.39, 0.29) is 6.17 Å². The lowest BCUT2D eigenvalue weighted by atomic mass is 9.72. The Labute approximate surface area is 160 Å². The molecule has 0 saturated carbocycles. The summed E-state index contributed by atoms with van der Waals surface area (Å²) in [5.74, 6) is 0. The van der Waals surface area contributed by atoms with Crippen molar-refractivity contribution >= 4 is 10.8 Å². The molecular formula is C24H23N3. The van der Waals surface area contributed by atoms with E-state index in [0.29, 0.717) is 12.5 Å². The van der Waals surface area contributed by atoms with Gasteiger partial charge in [-0.15, -0.1) is 0 Å². The second-order valence-electron chi connectivity index (χ2n) is 7.90. The Balaban J connectivity index is 1.47. The van der Waals surface area contributed by atoms with Gasteiger partial charge in [-0.3, -0.25) is 4.90 Å². The maximum absolute atomic E-state index is 10.0.